The number of hydrogen-bond acceptors (Lipinski definition) is 3. The highest BCUT2D eigenvalue weighted by atomic mass is 28.4. The Labute approximate surface area is 174 Å². The van der Waals surface area contributed by atoms with Crippen LogP contribution in [0.15, 0.2) is 72.3 Å². The van der Waals surface area contributed by atoms with Gasteiger partial charge in [0.15, 0.2) is 0 Å². The number of amides is 1. The summed E-state index contributed by atoms with van der Waals surface area (Å²) in [5.74, 6) is -0.0545. The summed E-state index contributed by atoms with van der Waals surface area (Å²) in [5, 5.41) is 3.72. The first kappa shape index (κ1) is 20.1. The summed E-state index contributed by atoms with van der Waals surface area (Å²) in [7, 11) is -2.77. The molecule has 2 aromatic carbocycles. The predicted molar refractivity (Wildman–Crippen MR) is 117 cm³/mol. The molecule has 0 unspecified atom stereocenters. The Morgan fingerprint density at radius 1 is 1.00 bits per heavy atom. The molecule has 1 saturated heterocycles. The average Bonchev–Trinajstić information content (AvgIpc) is 2.83. The van der Waals surface area contributed by atoms with Gasteiger partial charge in [-0.05, 0) is 33.8 Å². The van der Waals surface area contributed by atoms with Gasteiger partial charge >= 0.3 is 0 Å². The van der Waals surface area contributed by atoms with Crippen LogP contribution in [0.4, 0.5) is 0 Å². The van der Waals surface area contributed by atoms with Crippen molar-refractivity contribution in [2.75, 3.05) is 13.2 Å². The zero-order valence-electron chi connectivity index (χ0n) is 17.4. The Morgan fingerprint density at radius 2 is 1.59 bits per heavy atom. The molecule has 0 aromatic heterocycles. The molecule has 2 aromatic rings. The van der Waals surface area contributed by atoms with Gasteiger partial charge in [0, 0.05) is 0 Å². The van der Waals surface area contributed by atoms with Crippen LogP contribution in [-0.4, -0.2) is 38.5 Å². The molecule has 152 valence electrons. The van der Waals surface area contributed by atoms with E-state index in [9.17, 15) is 4.79 Å². The van der Waals surface area contributed by atoms with Gasteiger partial charge in [0.1, 0.15) is 6.10 Å². The standard InChI is InChI=1S/C24H29NO3Si/c1-24(2,3)29(20-10-6-4-7-11-20,21-12-8-5-9-13-21)28-22-15-14-19-16-17-27-25(18-19)23(22)26/h4-13,16,22H,14-15,17-18H2,1-3H3/t22-/m1/s1. The predicted octanol–water partition coefficient (Wildman–Crippen LogP) is 3.43. The molecule has 1 fully saturated rings. The zero-order chi connectivity index (χ0) is 20.5. The minimum Gasteiger partial charge on any atom is -0.395 e. The van der Waals surface area contributed by atoms with E-state index >= 15 is 0 Å². The van der Waals surface area contributed by atoms with E-state index in [1.165, 1.54) is 21.0 Å². The quantitative estimate of drug-likeness (QED) is 0.576. The van der Waals surface area contributed by atoms with Gasteiger partial charge in [0.05, 0.1) is 13.2 Å². The van der Waals surface area contributed by atoms with Crippen molar-refractivity contribution in [3.05, 3.63) is 72.3 Å². The monoisotopic (exact) mass is 407 g/mol. The summed E-state index contributed by atoms with van der Waals surface area (Å²) in [5.41, 5.74) is 1.26. The van der Waals surface area contributed by atoms with Crippen LogP contribution in [0, 0.1) is 0 Å². The van der Waals surface area contributed by atoms with Crippen LogP contribution in [0.1, 0.15) is 33.6 Å². The number of nitrogens with zero attached hydrogens (tertiary/aromatic N) is 1. The summed E-state index contributed by atoms with van der Waals surface area (Å²) in [4.78, 5) is 18.9. The third-order valence-corrected chi connectivity index (χ3v) is 11.0. The lowest BCUT2D eigenvalue weighted by Gasteiger charge is -2.45. The van der Waals surface area contributed by atoms with Gasteiger partial charge in [-0.2, -0.15) is 0 Å². The second-order valence-corrected chi connectivity index (χ2v) is 13.1. The Kier molecular flexibility index (Phi) is 5.47. The second-order valence-electron chi connectivity index (χ2n) is 8.84. The normalized spacial score (nSPS) is 20.2. The smallest absolute Gasteiger partial charge is 0.274 e. The number of benzene rings is 2. The Morgan fingerprint density at radius 3 is 2.14 bits per heavy atom. The lowest BCUT2D eigenvalue weighted by atomic mass is 10.1. The Bertz CT molecular complexity index is 850. The van der Waals surface area contributed by atoms with Gasteiger partial charge in [0.25, 0.3) is 14.2 Å². The number of carbonyl (C=O) groups is 1. The molecule has 4 nitrogen and oxygen atoms in total. The van der Waals surface area contributed by atoms with E-state index in [1.807, 2.05) is 12.1 Å². The average molecular weight is 408 g/mol. The highest BCUT2D eigenvalue weighted by Crippen LogP contribution is 2.38. The fourth-order valence-electron chi connectivity index (χ4n) is 4.48. The van der Waals surface area contributed by atoms with Crippen molar-refractivity contribution in [2.45, 2.75) is 44.8 Å². The third kappa shape index (κ3) is 3.70. The van der Waals surface area contributed by atoms with Gasteiger partial charge in [-0.15, -0.1) is 0 Å². The maximum atomic E-state index is 13.3. The van der Waals surface area contributed by atoms with Crippen molar-refractivity contribution in [1.29, 1.82) is 0 Å². The van der Waals surface area contributed by atoms with Crippen molar-refractivity contribution >= 4 is 24.6 Å². The lowest BCUT2D eigenvalue weighted by molar-refractivity contribution is -0.188. The maximum Gasteiger partial charge on any atom is 0.274 e. The largest absolute Gasteiger partial charge is 0.395 e. The van der Waals surface area contributed by atoms with E-state index in [2.05, 4.69) is 75.4 Å². The fraction of sp³-hybridized carbons (Fsp3) is 0.375. The van der Waals surface area contributed by atoms with Crippen molar-refractivity contribution in [3.8, 4) is 0 Å². The van der Waals surface area contributed by atoms with Gasteiger partial charge in [0.2, 0.25) is 0 Å². The fourth-order valence-corrected chi connectivity index (χ4v) is 9.14. The maximum absolute atomic E-state index is 13.3. The molecule has 0 radical (unpaired) electrons. The molecule has 0 N–H and O–H groups in total. The van der Waals surface area contributed by atoms with Crippen molar-refractivity contribution in [2.24, 2.45) is 0 Å². The summed E-state index contributed by atoms with van der Waals surface area (Å²) in [6, 6.07) is 20.9. The molecular formula is C24H29NO3Si. The van der Waals surface area contributed by atoms with Gasteiger partial charge < -0.3 is 4.43 Å². The van der Waals surface area contributed by atoms with Crippen molar-refractivity contribution < 1.29 is 14.1 Å². The first-order valence-electron chi connectivity index (χ1n) is 10.3. The van der Waals surface area contributed by atoms with Crippen LogP contribution in [0.25, 0.3) is 0 Å². The van der Waals surface area contributed by atoms with E-state index in [0.29, 0.717) is 19.6 Å². The molecule has 2 aliphatic heterocycles. The summed E-state index contributed by atoms with van der Waals surface area (Å²) in [6.45, 7) is 7.72. The molecule has 1 amide bonds. The van der Waals surface area contributed by atoms with Crippen LogP contribution in [0.3, 0.4) is 0 Å². The summed E-state index contributed by atoms with van der Waals surface area (Å²) < 4.78 is 7.06. The Balaban J connectivity index is 1.82. The molecule has 4 rings (SSSR count). The molecule has 2 heterocycles. The molecule has 2 bridgehead atoms. The zero-order valence-corrected chi connectivity index (χ0v) is 18.4. The number of hydrogen-bond donors (Lipinski definition) is 0. The van der Waals surface area contributed by atoms with E-state index < -0.39 is 14.4 Å². The minimum atomic E-state index is -2.77. The van der Waals surface area contributed by atoms with Crippen LogP contribution < -0.4 is 10.4 Å². The van der Waals surface area contributed by atoms with Crippen molar-refractivity contribution in [1.82, 2.24) is 5.06 Å². The first-order valence-corrected chi connectivity index (χ1v) is 12.2. The highest BCUT2D eigenvalue weighted by molar-refractivity contribution is 6.99. The number of fused-ring (bicyclic) bond motifs is 2. The molecule has 0 saturated carbocycles. The second kappa shape index (κ2) is 7.90. The molecule has 2 aliphatic rings. The third-order valence-electron chi connectivity index (χ3n) is 5.93. The molecule has 29 heavy (non-hydrogen) atoms. The molecule has 5 heteroatoms. The summed E-state index contributed by atoms with van der Waals surface area (Å²) >= 11 is 0. The van der Waals surface area contributed by atoms with Crippen molar-refractivity contribution in [3.63, 3.8) is 0 Å². The van der Waals surface area contributed by atoms with E-state index in [-0.39, 0.29) is 10.9 Å². The Hall–Kier alpha value is -2.21. The molecule has 0 spiro atoms. The SMILES string of the molecule is CC(C)(C)[Si](O[C@@H]1CCC2=CCON(C2)C1=O)(c1ccccc1)c1ccccc1. The van der Waals surface area contributed by atoms with E-state index in [1.54, 1.807) is 0 Å². The topological polar surface area (TPSA) is 38.8 Å². The van der Waals surface area contributed by atoms with Crippen LogP contribution >= 0.6 is 0 Å². The molecular weight excluding hydrogens is 378 g/mol. The number of rotatable bonds is 4. The van der Waals surface area contributed by atoms with Crippen LogP contribution in [0.2, 0.25) is 5.04 Å². The van der Waals surface area contributed by atoms with Gasteiger partial charge in [-0.3, -0.25) is 9.63 Å². The van der Waals surface area contributed by atoms with Crippen LogP contribution in [0.5, 0.6) is 0 Å². The first-order chi connectivity index (χ1) is 13.9. The van der Waals surface area contributed by atoms with E-state index in [4.69, 9.17) is 9.26 Å². The van der Waals surface area contributed by atoms with E-state index in [0.717, 1.165) is 6.42 Å². The number of hydroxylamine groups is 2. The molecule has 0 aliphatic carbocycles. The molecule has 1 atom stereocenters. The van der Waals surface area contributed by atoms with Crippen LogP contribution in [-0.2, 0) is 14.1 Å². The summed E-state index contributed by atoms with van der Waals surface area (Å²) in [6.07, 6.45) is 3.14. The van der Waals surface area contributed by atoms with Gasteiger partial charge in [-0.25, -0.2) is 5.06 Å². The lowest BCUT2D eigenvalue weighted by Crippen LogP contribution is -2.68. The highest BCUT2D eigenvalue weighted by Gasteiger charge is 2.53. The van der Waals surface area contributed by atoms with Gasteiger partial charge in [-0.1, -0.05) is 87.5 Å². The minimum absolute atomic E-state index is 0.0545. The number of carbonyl (C=O) groups excluding carboxylic acids is 1.